The molecule has 0 unspecified atom stereocenters. The van der Waals surface area contributed by atoms with E-state index in [1.165, 1.54) is 12.8 Å². The van der Waals surface area contributed by atoms with E-state index in [1.807, 2.05) is 0 Å². The lowest BCUT2D eigenvalue weighted by Gasteiger charge is -2.43. The third kappa shape index (κ3) is 2.17. The molecule has 0 spiro atoms. The van der Waals surface area contributed by atoms with Gasteiger partial charge in [-0.1, -0.05) is 13.3 Å². The molecule has 2 rings (SSSR count). The lowest BCUT2D eigenvalue weighted by molar-refractivity contribution is -0.156. The Morgan fingerprint density at radius 3 is 2.40 bits per heavy atom. The topological polar surface area (TPSA) is 40.5 Å². The van der Waals surface area contributed by atoms with Gasteiger partial charge in [0.2, 0.25) is 0 Å². The maximum Gasteiger partial charge on any atom is 0.310 e. The molecule has 0 atom stereocenters. The van der Waals surface area contributed by atoms with Crippen molar-refractivity contribution in [1.82, 2.24) is 4.90 Å². The van der Waals surface area contributed by atoms with Crippen LogP contribution in [0, 0.1) is 11.3 Å². The molecule has 3 heteroatoms. The van der Waals surface area contributed by atoms with Gasteiger partial charge in [0, 0.05) is 6.54 Å². The Morgan fingerprint density at radius 2 is 2.00 bits per heavy atom. The van der Waals surface area contributed by atoms with Gasteiger partial charge in [-0.25, -0.2) is 0 Å². The third-order valence-corrected chi connectivity index (χ3v) is 4.17. The number of nitrogens with zero attached hydrogens (tertiary/aromatic N) is 1. The maximum absolute atomic E-state index is 11.2. The van der Waals surface area contributed by atoms with E-state index in [9.17, 15) is 9.90 Å². The highest BCUT2D eigenvalue weighted by molar-refractivity contribution is 5.76. The smallest absolute Gasteiger partial charge is 0.310 e. The number of carboxylic acids is 1. The molecule has 1 saturated carbocycles. The second-order valence-electron chi connectivity index (χ2n) is 5.40. The largest absolute Gasteiger partial charge is 0.481 e. The molecule has 1 saturated heterocycles. The van der Waals surface area contributed by atoms with Crippen LogP contribution in [-0.4, -0.2) is 35.6 Å². The molecule has 1 aliphatic heterocycles. The summed E-state index contributed by atoms with van der Waals surface area (Å²) < 4.78 is 0. The fraction of sp³-hybridized carbons (Fsp3) is 0.917. The van der Waals surface area contributed by atoms with Crippen LogP contribution < -0.4 is 0 Å². The minimum absolute atomic E-state index is 0.388. The zero-order valence-electron chi connectivity index (χ0n) is 9.54. The molecule has 1 N–H and O–H groups in total. The van der Waals surface area contributed by atoms with Gasteiger partial charge in [-0.05, 0) is 44.7 Å². The van der Waals surface area contributed by atoms with E-state index >= 15 is 0 Å². The summed E-state index contributed by atoms with van der Waals surface area (Å²) in [6.07, 6.45) is 5.32. The summed E-state index contributed by atoms with van der Waals surface area (Å²) in [5, 5.41) is 9.24. The first-order chi connectivity index (χ1) is 7.12. The van der Waals surface area contributed by atoms with Crippen LogP contribution >= 0.6 is 0 Å². The molecule has 15 heavy (non-hydrogen) atoms. The van der Waals surface area contributed by atoms with Gasteiger partial charge in [-0.3, -0.25) is 4.79 Å². The van der Waals surface area contributed by atoms with Crippen molar-refractivity contribution < 1.29 is 9.90 Å². The number of piperidine rings is 1. The first kappa shape index (κ1) is 10.9. The van der Waals surface area contributed by atoms with Crippen LogP contribution in [0.4, 0.5) is 0 Å². The monoisotopic (exact) mass is 211 g/mol. The van der Waals surface area contributed by atoms with Gasteiger partial charge in [-0.15, -0.1) is 0 Å². The number of rotatable bonds is 3. The molecular formula is C12H21NO2. The maximum atomic E-state index is 11.2. The van der Waals surface area contributed by atoms with E-state index < -0.39 is 5.97 Å². The summed E-state index contributed by atoms with van der Waals surface area (Å²) in [7, 11) is 0. The van der Waals surface area contributed by atoms with Crippen molar-refractivity contribution in [2.75, 3.05) is 19.6 Å². The third-order valence-electron chi connectivity index (χ3n) is 4.17. The second kappa shape index (κ2) is 4.12. The zero-order valence-corrected chi connectivity index (χ0v) is 9.54. The van der Waals surface area contributed by atoms with Crippen molar-refractivity contribution in [3.63, 3.8) is 0 Å². The van der Waals surface area contributed by atoms with E-state index in [1.54, 1.807) is 0 Å². The molecule has 2 aliphatic rings. The van der Waals surface area contributed by atoms with Crippen LogP contribution in [0.5, 0.6) is 0 Å². The van der Waals surface area contributed by atoms with Crippen LogP contribution in [0.3, 0.4) is 0 Å². The SMILES string of the molecule is CC1CCN(CC2(C(=O)O)CCC2)CC1. The first-order valence-electron chi connectivity index (χ1n) is 6.08. The van der Waals surface area contributed by atoms with Gasteiger partial charge < -0.3 is 10.0 Å². The predicted molar refractivity (Wildman–Crippen MR) is 58.8 cm³/mol. The average molecular weight is 211 g/mol. The Balaban J connectivity index is 1.88. The molecule has 0 radical (unpaired) electrons. The summed E-state index contributed by atoms with van der Waals surface area (Å²) in [5.74, 6) is 0.246. The Hall–Kier alpha value is -0.570. The number of aliphatic carboxylic acids is 1. The van der Waals surface area contributed by atoms with Gasteiger partial charge in [0.1, 0.15) is 0 Å². The van der Waals surface area contributed by atoms with Crippen molar-refractivity contribution in [2.45, 2.75) is 39.0 Å². The summed E-state index contributed by atoms with van der Waals surface area (Å²) in [5.41, 5.74) is -0.388. The van der Waals surface area contributed by atoms with Crippen LogP contribution in [-0.2, 0) is 4.79 Å². The predicted octanol–water partition coefficient (Wildman–Crippen LogP) is 1.97. The molecule has 0 aromatic carbocycles. The highest BCUT2D eigenvalue weighted by Crippen LogP contribution is 2.42. The van der Waals surface area contributed by atoms with Gasteiger partial charge in [0.15, 0.2) is 0 Å². The van der Waals surface area contributed by atoms with Crippen LogP contribution in [0.1, 0.15) is 39.0 Å². The van der Waals surface area contributed by atoms with Gasteiger partial charge >= 0.3 is 5.97 Å². The molecule has 0 amide bonds. The fourth-order valence-electron chi connectivity index (χ4n) is 2.69. The minimum Gasteiger partial charge on any atom is -0.481 e. The van der Waals surface area contributed by atoms with Crippen molar-refractivity contribution in [3.05, 3.63) is 0 Å². The number of hydrogen-bond acceptors (Lipinski definition) is 2. The van der Waals surface area contributed by atoms with Crippen molar-refractivity contribution in [2.24, 2.45) is 11.3 Å². The van der Waals surface area contributed by atoms with Crippen molar-refractivity contribution in [1.29, 1.82) is 0 Å². The van der Waals surface area contributed by atoms with Crippen molar-refractivity contribution in [3.8, 4) is 0 Å². The Morgan fingerprint density at radius 1 is 1.40 bits per heavy atom. The minimum atomic E-state index is -0.577. The van der Waals surface area contributed by atoms with E-state index in [2.05, 4.69) is 11.8 Å². The number of hydrogen-bond donors (Lipinski definition) is 1. The Bertz CT molecular complexity index is 240. The zero-order chi connectivity index (χ0) is 10.9. The standard InChI is InChI=1S/C12H21NO2/c1-10-3-7-13(8-4-10)9-12(11(14)15)5-2-6-12/h10H,2-9H2,1H3,(H,14,15). The molecule has 1 aliphatic carbocycles. The first-order valence-corrected chi connectivity index (χ1v) is 6.08. The van der Waals surface area contributed by atoms with Crippen LogP contribution in [0.15, 0.2) is 0 Å². The lowest BCUT2D eigenvalue weighted by atomic mass is 9.68. The number of likely N-dealkylation sites (tertiary alicyclic amines) is 1. The van der Waals surface area contributed by atoms with E-state index in [0.29, 0.717) is 0 Å². The molecule has 3 nitrogen and oxygen atoms in total. The molecule has 86 valence electrons. The van der Waals surface area contributed by atoms with Gasteiger partial charge in [0.25, 0.3) is 0 Å². The molecule has 1 heterocycles. The van der Waals surface area contributed by atoms with Crippen LogP contribution in [0.25, 0.3) is 0 Å². The van der Waals surface area contributed by atoms with Crippen LogP contribution in [0.2, 0.25) is 0 Å². The summed E-state index contributed by atoms with van der Waals surface area (Å²) in [6, 6.07) is 0. The average Bonchev–Trinajstić information content (AvgIpc) is 2.13. The number of carboxylic acid groups (broad SMARTS) is 1. The summed E-state index contributed by atoms with van der Waals surface area (Å²) in [6.45, 7) is 5.26. The highest BCUT2D eigenvalue weighted by Gasteiger charge is 2.45. The van der Waals surface area contributed by atoms with Gasteiger partial charge in [0.05, 0.1) is 5.41 Å². The molecule has 2 fully saturated rings. The van der Waals surface area contributed by atoms with E-state index in [0.717, 1.165) is 44.8 Å². The fourth-order valence-corrected chi connectivity index (χ4v) is 2.69. The van der Waals surface area contributed by atoms with Gasteiger partial charge in [-0.2, -0.15) is 0 Å². The molecular weight excluding hydrogens is 190 g/mol. The normalized spacial score (nSPS) is 27.3. The lowest BCUT2D eigenvalue weighted by Crippen LogP contribution is -2.49. The summed E-state index contributed by atoms with van der Waals surface area (Å²) in [4.78, 5) is 13.6. The molecule has 0 aromatic heterocycles. The van der Waals surface area contributed by atoms with E-state index in [-0.39, 0.29) is 5.41 Å². The Labute approximate surface area is 91.5 Å². The highest BCUT2D eigenvalue weighted by atomic mass is 16.4. The molecule has 0 bridgehead atoms. The summed E-state index contributed by atoms with van der Waals surface area (Å²) >= 11 is 0. The quantitative estimate of drug-likeness (QED) is 0.776. The molecule has 0 aromatic rings. The Kier molecular flexibility index (Phi) is 3.01. The number of carbonyl (C=O) groups is 1. The van der Waals surface area contributed by atoms with Crippen molar-refractivity contribution >= 4 is 5.97 Å². The second-order valence-corrected chi connectivity index (χ2v) is 5.40. The van der Waals surface area contributed by atoms with E-state index in [4.69, 9.17) is 0 Å².